The fraction of sp³-hybridized carbons (Fsp3) is 0.391. The summed E-state index contributed by atoms with van der Waals surface area (Å²) in [6, 6.07) is 12.2. The summed E-state index contributed by atoms with van der Waals surface area (Å²) in [6.07, 6.45) is 1.76. The van der Waals surface area contributed by atoms with E-state index >= 15 is 0 Å². The summed E-state index contributed by atoms with van der Waals surface area (Å²) in [7, 11) is 0. The van der Waals surface area contributed by atoms with E-state index in [1.165, 1.54) is 0 Å². The molecule has 6 nitrogen and oxygen atoms in total. The molecule has 2 amide bonds. The number of amides is 2. The lowest BCUT2D eigenvalue weighted by atomic mass is 10.1. The number of rotatable bonds is 10. The Kier molecular flexibility index (Phi) is 8.52. The zero-order chi connectivity index (χ0) is 21.2. The lowest BCUT2D eigenvalue weighted by Gasteiger charge is -2.14. The maximum atomic E-state index is 12.6. The van der Waals surface area contributed by atoms with Crippen molar-refractivity contribution in [2.45, 2.75) is 40.5 Å². The van der Waals surface area contributed by atoms with Gasteiger partial charge in [0, 0.05) is 22.9 Å². The van der Waals surface area contributed by atoms with Crippen LogP contribution in [0.5, 0.6) is 11.5 Å². The number of carbonyl (C=O) groups excluding carboxylic acids is 2. The van der Waals surface area contributed by atoms with Crippen molar-refractivity contribution < 1.29 is 19.1 Å². The van der Waals surface area contributed by atoms with Crippen molar-refractivity contribution in [2.24, 2.45) is 5.92 Å². The van der Waals surface area contributed by atoms with Crippen molar-refractivity contribution in [3.8, 4) is 11.5 Å². The van der Waals surface area contributed by atoms with Gasteiger partial charge >= 0.3 is 0 Å². The summed E-state index contributed by atoms with van der Waals surface area (Å²) < 4.78 is 11.5. The maximum Gasteiger partial charge on any atom is 0.255 e. The zero-order valence-corrected chi connectivity index (χ0v) is 17.6. The highest BCUT2D eigenvalue weighted by Crippen LogP contribution is 2.29. The molecule has 0 bridgehead atoms. The first-order chi connectivity index (χ1) is 13.9. The highest BCUT2D eigenvalue weighted by Gasteiger charge is 2.13. The highest BCUT2D eigenvalue weighted by molar-refractivity contribution is 6.04. The predicted octanol–water partition coefficient (Wildman–Crippen LogP) is 5.11. The normalized spacial score (nSPS) is 10.5. The second-order valence-electron chi connectivity index (χ2n) is 7.03. The molecule has 6 heteroatoms. The second-order valence-corrected chi connectivity index (χ2v) is 7.03. The van der Waals surface area contributed by atoms with E-state index in [1.54, 1.807) is 42.5 Å². The number of hydrogen-bond acceptors (Lipinski definition) is 4. The first-order valence-corrected chi connectivity index (χ1v) is 10.1. The van der Waals surface area contributed by atoms with Crippen LogP contribution in [0.25, 0.3) is 0 Å². The van der Waals surface area contributed by atoms with Crippen LogP contribution in [0.4, 0.5) is 11.4 Å². The van der Waals surface area contributed by atoms with Gasteiger partial charge in [-0.1, -0.05) is 27.7 Å². The Morgan fingerprint density at radius 3 is 1.93 bits per heavy atom. The molecule has 0 saturated carbocycles. The lowest BCUT2D eigenvalue weighted by molar-refractivity contribution is -0.118. The number of benzene rings is 2. The minimum absolute atomic E-state index is 0.0493. The molecule has 2 rings (SSSR count). The molecule has 0 unspecified atom stereocenters. The van der Waals surface area contributed by atoms with Gasteiger partial charge in [0.05, 0.1) is 13.2 Å². The van der Waals surface area contributed by atoms with Crippen LogP contribution in [0.2, 0.25) is 0 Å². The van der Waals surface area contributed by atoms with E-state index < -0.39 is 0 Å². The number of ether oxygens (including phenoxy) is 2. The summed E-state index contributed by atoms with van der Waals surface area (Å²) in [5, 5.41) is 5.68. The topological polar surface area (TPSA) is 76.7 Å². The van der Waals surface area contributed by atoms with Crippen LogP contribution in [0.3, 0.4) is 0 Å². The first kappa shape index (κ1) is 22.3. The molecule has 0 spiro atoms. The number of nitrogens with one attached hydrogen (secondary N) is 2. The smallest absolute Gasteiger partial charge is 0.255 e. The van der Waals surface area contributed by atoms with Crippen molar-refractivity contribution in [1.29, 1.82) is 0 Å². The third-order valence-corrected chi connectivity index (χ3v) is 4.06. The predicted molar refractivity (Wildman–Crippen MR) is 116 cm³/mol. The van der Waals surface area contributed by atoms with Crippen LogP contribution in [-0.4, -0.2) is 25.0 Å². The van der Waals surface area contributed by atoms with Crippen LogP contribution in [-0.2, 0) is 4.79 Å². The third-order valence-electron chi connectivity index (χ3n) is 4.06. The van der Waals surface area contributed by atoms with Gasteiger partial charge in [-0.25, -0.2) is 0 Å². The van der Waals surface area contributed by atoms with Crippen molar-refractivity contribution in [3.63, 3.8) is 0 Å². The first-order valence-electron chi connectivity index (χ1n) is 10.1. The average Bonchev–Trinajstić information content (AvgIpc) is 2.72. The van der Waals surface area contributed by atoms with Crippen molar-refractivity contribution in [3.05, 3.63) is 48.0 Å². The molecule has 2 aromatic carbocycles. The quantitative estimate of drug-likeness (QED) is 0.583. The van der Waals surface area contributed by atoms with Crippen LogP contribution in [0.1, 0.15) is 50.9 Å². The fourth-order valence-electron chi connectivity index (χ4n) is 2.43. The Hall–Kier alpha value is -3.02. The van der Waals surface area contributed by atoms with E-state index in [4.69, 9.17) is 9.47 Å². The molecular formula is C23H30N2O4. The van der Waals surface area contributed by atoms with E-state index in [1.807, 2.05) is 27.7 Å². The molecule has 156 valence electrons. The van der Waals surface area contributed by atoms with Crippen LogP contribution in [0.15, 0.2) is 42.5 Å². The van der Waals surface area contributed by atoms with Gasteiger partial charge in [-0.15, -0.1) is 0 Å². The van der Waals surface area contributed by atoms with E-state index in [-0.39, 0.29) is 17.7 Å². The standard InChI is InChI=1S/C23H30N2O4/c1-5-13-28-20-12-7-17(15-21(20)29-14-6-2)23(27)25-19-10-8-18(9-11-19)24-22(26)16(3)4/h7-12,15-16H,5-6,13-14H2,1-4H3,(H,24,26)(H,25,27). The fourth-order valence-corrected chi connectivity index (χ4v) is 2.43. The Morgan fingerprint density at radius 1 is 0.828 bits per heavy atom. The van der Waals surface area contributed by atoms with Gasteiger partial charge in [-0.3, -0.25) is 9.59 Å². The summed E-state index contributed by atoms with van der Waals surface area (Å²) in [5.41, 5.74) is 1.81. The Morgan fingerprint density at radius 2 is 1.38 bits per heavy atom. The maximum absolute atomic E-state index is 12.6. The van der Waals surface area contributed by atoms with E-state index in [0.29, 0.717) is 41.7 Å². The number of hydrogen-bond donors (Lipinski definition) is 2. The molecule has 0 fully saturated rings. The molecule has 29 heavy (non-hydrogen) atoms. The lowest BCUT2D eigenvalue weighted by Crippen LogP contribution is -2.17. The molecule has 0 aliphatic rings. The van der Waals surface area contributed by atoms with Gasteiger partial charge in [0.1, 0.15) is 0 Å². The van der Waals surface area contributed by atoms with Gasteiger partial charge in [-0.05, 0) is 55.3 Å². The Labute approximate surface area is 172 Å². The Bertz CT molecular complexity index is 816. The minimum Gasteiger partial charge on any atom is -0.490 e. The van der Waals surface area contributed by atoms with Gasteiger partial charge in [0.2, 0.25) is 5.91 Å². The van der Waals surface area contributed by atoms with Crippen LogP contribution < -0.4 is 20.1 Å². The summed E-state index contributed by atoms with van der Waals surface area (Å²) in [4.78, 5) is 24.4. The molecule has 2 aromatic rings. The largest absolute Gasteiger partial charge is 0.490 e. The van der Waals surface area contributed by atoms with E-state index in [2.05, 4.69) is 10.6 Å². The van der Waals surface area contributed by atoms with Crippen LogP contribution in [0, 0.1) is 5.92 Å². The van der Waals surface area contributed by atoms with Gasteiger partial charge in [0.25, 0.3) is 5.91 Å². The SMILES string of the molecule is CCCOc1ccc(C(=O)Nc2ccc(NC(=O)C(C)C)cc2)cc1OCCC. The Balaban J connectivity index is 2.08. The van der Waals surface area contributed by atoms with Gasteiger partial charge < -0.3 is 20.1 Å². The number of carbonyl (C=O) groups is 2. The molecule has 0 heterocycles. The zero-order valence-electron chi connectivity index (χ0n) is 17.6. The number of anilines is 2. The van der Waals surface area contributed by atoms with Crippen LogP contribution >= 0.6 is 0 Å². The molecule has 0 aliphatic carbocycles. The molecule has 0 saturated heterocycles. The molecule has 2 N–H and O–H groups in total. The van der Waals surface area contributed by atoms with Gasteiger partial charge in [-0.2, -0.15) is 0 Å². The molecule has 0 aliphatic heterocycles. The molecule has 0 aromatic heterocycles. The second kappa shape index (κ2) is 11.1. The van der Waals surface area contributed by atoms with E-state index in [0.717, 1.165) is 12.8 Å². The van der Waals surface area contributed by atoms with E-state index in [9.17, 15) is 9.59 Å². The molecule has 0 atom stereocenters. The monoisotopic (exact) mass is 398 g/mol. The summed E-state index contributed by atoms with van der Waals surface area (Å²) in [6.45, 7) is 8.87. The van der Waals surface area contributed by atoms with Crippen molar-refractivity contribution in [1.82, 2.24) is 0 Å². The van der Waals surface area contributed by atoms with Crippen molar-refractivity contribution >= 4 is 23.2 Å². The van der Waals surface area contributed by atoms with Crippen molar-refractivity contribution in [2.75, 3.05) is 23.8 Å². The summed E-state index contributed by atoms with van der Waals surface area (Å²) >= 11 is 0. The summed E-state index contributed by atoms with van der Waals surface area (Å²) in [5.74, 6) is 0.823. The third kappa shape index (κ3) is 6.82. The average molecular weight is 399 g/mol. The highest BCUT2D eigenvalue weighted by atomic mass is 16.5. The molecular weight excluding hydrogens is 368 g/mol. The van der Waals surface area contributed by atoms with Gasteiger partial charge in [0.15, 0.2) is 11.5 Å². The minimum atomic E-state index is -0.243. The molecule has 0 radical (unpaired) electrons.